The predicted molar refractivity (Wildman–Crippen MR) is 86.0 cm³/mol. The Morgan fingerprint density at radius 1 is 1.10 bits per heavy atom. The predicted octanol–water partition coefficient (Wildman–Crippen LogP) is 2.74. The Hall–Kier alpha value is -1.75. The van der Waals surface area contributed by atoms with Gasteiger partial charge in [-0.2, -0.15) is 0 Å². The summed E-state index contributed by atoms with van der Waals surface area (Å²) in [5, 5.41) is 0.684. The van der Waals surface area contributed by atoms with E-state index >= 15 is 0 Å². The van der Waals surface area contributed by atoms with E-state index in [1.807, 2.05) is 30.3 Å². The van der Waals surface area contributed by atoms with Crippen molar-refractivity contribution in [2.24, 2.45) is 12.5 Å². The van der Waals surface area contributed by atoms with Crippen molar-refractivity contribution in [3.05, 3.63) is 57.2 Å². The van der Waals surface area contributed by atoms with E-state index in [9.17, 15) is 9.59 Å². The second-order valence-electron chi connectivity index (χ2n) is 6.22. The molecular weight excluding hydrogens is 284 g/mol. The third-order valence-electron chi connectivity index (χ3n) is 2.96. The topological polar surface area (TPSA) is 44.0 Å². The highest BCUT2D eigenvalue weighted by Gasteiger charge is 2.17. The van der Waals surface area contributed by atoms with Crippen molar-refractivity contribution in [2.75, 3.05) is 0 Å². The van der Waals surface area contributed by atoms with E-state index in [1.54, 1.807) is 4.57 Å². The number of aromatic nitrogens is 2. The van der Waals surface area contributed by atoms with Gasteiger partial charge in [0.05, 0.1) is 5.03 Å². The average molecular weight is 304 g/mol. The normalized spacial score (nSPS) is 11.6. The fourth-order valence-corrected chi connectivity index (χ4v) is 2.91. The Morgan fingerprint density at radius 2 is 1.71 bits per heavy atom. The van der Waals surface area contributed by atoms with Crippen LogP contribution in [0.15, 0.2) is 55.9 Å². The minimum absolute atomic E-state index is 0.0484. The summed E-state index contributed by atoms with van der Waals surface area (Å²) in [7, 11) is 1.51. The summed E-state index contributed by atoms with van der Waals surface area (Å²) in [5.41, 5.74) is -0.591. The van der Waals surface area contributed by atoms with Gasteiger partial charge >= 0.3 is 5.69 Å². The van der Waals surface area contributed by atoms with Crippen LogP contribution >= 0.6 is 11.8 Å². The molecule has 112 valence electrons. The molecule has 0 saturated heterocycles. The molecule has 0 aliphatic carbocycles. The van der Waals surface area contributed by atoms with E-state index in [-0.39, 0.29) is 16.7 Å². The lowest BCUT2D eigenvalue weighted by atomic mass is 9.97. The van der Waals surface area contributed by atoms with Gasteiger partial charge in [0.25, 0.3) is 5.56 Å². The highest BCUT2D eigenvalue weighted by molar-refractivity contribution is 7.99. The molecule has 2 rings (SSSR count). The van der Waals surface area contributed by atoms with Gasteiger partial charge in [-0.15, -0.1) is 0 Å². The van der Waals surface area contributed by atoms with Crippen molar-refractivity contribution >= 4 is 11.8 Å². The zero-order valence-electron chi connectivity index (χ0n) is 12.8. The quantitative estimate of drug-likeness (QED) is 0.819. The lowest BCUT2D eigenvalue weighted by molar-refractivity contribution is 0.317. The largest absolute Gasteiger partial charge is 0.331 e. The van der Waals surface area contributed by atoms with Crippen LogP contribution in [0.5, 0.6) is 0 Å². The molecule has 0 aliphatic heterocycles. The zero-order chi connectivity index (χ0) is 15.6. The minimum Gasteiger partial charge on any atom is -0.287 e. The molecule has 21 heavy (non-hydrogen) atoms. The number of nitrogens with zero attached hydrogens (tertiary/aromatic N) is 2. The van der Waals surface area contributed by atoms with Crippen LogP contribution in [-0.4, -0.2) is 9.13 Å². The number of rotatable bonds is 3. The van der Waals surface area contributed by atoms with Gasteiger partial charge in [-0.05, 0) is 17.5 Å². The van der Waals surface area contributed by atoms with Crippen LogP contribution in [0.3, 0.4) is 0 Å². The van der Waals surface area contributed by atoms with Gasteiger partial charge in [0.1, 0.15) is 0 Å². The Kier molecular flexibility index (Phi) is 4.42. The van der Waals surface area contributed by atoms with E-state index in [0.29, 0.717) is 11.6 Å². The van der Waals surface area contributed by atoms with Crippen LogP contribution in [0.1, 0.15) is 20.8 Å². The standard InChI is InChI=1S/C16H20N2O2S/c1-16(2,3)11-18-14(10-13(19)17(4)15(18)20)21-12-8-6-5-7-9-12/h5-10H,11H2,1-4H3. The zero-order valence-corrected chi connectivity index (χ0v) is 13.6. The molecule has 1 heterocycles. The molecule has 1 aromatic carbocycles. The van der Waals surface area contributed by atoms with Crippen LogP contribution in [0.2, 0.25) is 0 Å². The smallest absolute Gasteiger partial charge is 0.287 e. The molecule has 4 nitrogen and oxygen atoms in total. The maximum absolute atomic E-state index is 12.4. The molecule has 0 bridgehead atoms. The number of hydrogen-bond acceptors (Lipinski definition) is 3. The first-order valence-electron chi connectivity index (χ1n) is 6.82. The SMILES string of the molecule is Cn1c(=O)cc(Sc2ccccc2)n(CC(C)(C)C)c1=O. The third-order valence-corrected chi connectivity index (χ3v) is 4.01. The molecule has 0 fully saturated rings. The monoisotopic (exact) mass is 304 g/mol. The Balaban J connectivity index is 2.53. The fourth-order valence-electron chi connectivity index (χ4n) is 1.96. The average Bonchev–Trinajstić information content (AvgIpc) is 2.41. The summed E-state index contributed by atoms with van der Waals surface area (Å²) in [5.74, 6) is 0. The molecule has 0 spiro atoms. The molecule has 0 aliphatic rings. The third kappa shape index (κ3) is 3.88. The van der Waals surface area contributed by atoms with Gasteiger partial charge in [-0.3, -0.25) is 13.9 Å². The molecule has 0 radical (unpaired) electrons. The van der Waals surface area contributed by atoms with Crippen molar-refractivity contribution in [2.45, 2.75) is 37.2 Å². The Labute approximate surface area is 128 Å². The van der Waals surface area contributed by atoms with Gasteiger partial charge in [0.2, 0.25) is 0 Å². The Morgan fingerprint density at radius 3 is 2.29 bits per heavy atom. The van der Waals surface area contributed by atoms with E-state index in [2.05, 4.69) is 20.8 Å². The highest BCUT2D eigenvalue weighted by atomic mass is 32.2. The van der Waals surface area contributed by atoms with Crippen LogP contribution < -0.4 is 11.2 Å². The first kappa shape index (κ1) is 15.6. The maximum Gasteiger partial charge on any atom is 0.331 e. The van der Waals surface area contributed by atoms with Crippen molar-refractivity contribution in [1.29, 1.82) is 0 Å². The number of hydrogen-bond donors (Lipinski definition) is 0. The van der Waals surface area contributed by atoms with Crippen molar-refractivity contribution < 1.29 is 0 Å². The molecule has 1 aromatic heterocycles. The molecule has 0 saturated carbocycles. The summed E-state index contributed by atoms with van der Waals surface area (Å²) in [6, 6.07) is 11.3. The summed E-state index contributed by atoms with van der Waals surface area (Å²) in [6.07, 6.45) is 0. The molecule has 0 amide bonds. The van der Waals surface area contributed by atoms with Crippen molar-refractivity contribution in [3.8, 4) is 0 Å². The molecular formula is C16H20N2O2S. The lowest BCUT2D eigenvalue weighted by Gasteiger charge is -2.22. The summed E-state index contributed by atoms with van der Waals surface area (Å²) < 4.78 is 2.83. The van der Waals surface area contributed by atoms with Crippen LogP contribution in [0.25, 0.3) is 0 Å². The molecule has 0 atom stereocenters. The van der Waals surface area contributed by atoms with Gasteiger partial charge < -0.3 is 0 Å². The first-order valence-corrected chi connectivity index (χ1v) is 7.63. The van der Waals surface area contributed by atoms with Gasteiger partial charge in [0, 0.05) is 24.6 Å². The maximum atomic E-state index is 12.4. The van der Waals surface area contributed by atoms with Crippen molar-refractivity contribution in [1.82, 2.24) is 9.13 Å². The van der Waals surface area contributed by atoms with E-state index in [1.165, 1.54) is 24.9 Å². The Bertz CT molecular complexity index is 740. The molecule has 2 aromatic rings. The van der Waals surface area contributed by atoms with E-state index in [0.717, 1.165) is 9.46 Å². The van der Waals surface area contributed by atoms with Crippen LogP contribution in [0.4, 0.5) is 0 Å². The second-order valence-corrected chi connectivity index (χ2v) is 7.32. The first-order chi connectivity index (χ1) is 9.78. The van der Waals surface area contributed by atoms with Crippen LogP contribution in [-0.2, 0) is 13.6 Å². The highest BCUT2D eigenvalue weighted by Crippen LogP contribution is 2.27. The molecule has 0 unspecified atom stereocenters. The summed E-state index contributed by atoms with van der Waals surface area (Å²) >= 11 is 1.44. The molecule has 5 heteroatoms. The van der Waals surface area contributed by atoms with Gasteiger partial charge in [-0.25, -0.2) is 4.79 Å². The van der Waals surface area contributed by atoms with Gasteiger partial charge in [-0.1, -0.05) is 50.7 Å². The minimum atomic E-state index is -0.274. The summed E-state index contributed by atoms with van der Waals surface area (Å²) in [6.45, 7) is 6.78. The molecule has 0 N–H and O–H groups in total. The fraction of sp³-hybridized carbons (Fsp3) is 0.375. The van der Waals surface area contributed by atoms with Crippen molar-refractivity contribution in [3.63, 3.8) is 0 Å². The van der Waals surface area contributed by atoms with E-state index < -0.39 is 0 Å². The lowest BCUT2D eigenvalue weighted by Crippen LogP contribution is -2.40. The van der Waals surface area contributed by atoms with Crippen LogP contribution in [0, 0.1) is 5.41 Å². The number of benzene rings is 1. The van der Waals surface area contributed by atoms with E-state index in [4.69, 9.17) is 0 Å². The summed E-state index contributed by atoms with van der Waals surface area (Å²) in [4.78, 5) is 25.3. The van der Waals surface area contributed by atoms with Gasteiger partial charge in [0.15, 0.2) is 0 Å². The second kappa shape index (κ2) is 5.93.